The van der Waals surface area contributed by atoms with Gasteiger partial charge in [0.1, 0.15) is 5.82 Å². The summed E-state index contributed by atoms with van der Waals surface area (Å²) in [5, 5.41) is 0. The summed E-state index contributed by atoms with van der Waals surface area (Å²) in [4.78, 5) is 16.6. The molecule has 0 saturated carbocycles. The van der Waals surface area contributed by atoms with Crippen LogP contribution in [0.1, 0.15) is 12.0 Å². The second-order valence-corrected chi connectivity index (χ2v) is 7.40. The zero-order chi connectivity index (χ0) is 16.2. The van der Waals surface area contributed by atoms with Crippen molar-refractivity contribution in [2.45, 2.75) is 22.6 Å². The molecule has 1 amide bonds. The molecule has 0 spiro atoms. The van der Waals surface area contributed by atoms with Crippen LogP contribution < -0.4 is 4.90 Å². The van der Waals surface area contributed by atoms with Crippen LogP contribution in [0.25, 0.3) is 0 Å². The van der Waals surface area contributed by atoms with Crippen molar-refractivity contribution in [3.63, 3.8) is 0 Å². The number of amides is 1. The Hall–Kier alpha value is -1.46. The van der Waals surface area contributed by atoms with Crippen LogP contribution in [0.4, 0.5) is 10.1 Å². The largest absolute Gasteiger partial charge is 0.311 e. The molecule has 0 radical (unpaired) electrons. The van der Waals surface area contributed by atoms with E-state index < -0.39 is 0 Å². The van der Waals surface area contributed by atoms with Gasteiger partial charge in [-0.2, -0.15) is 0 Å². The second-order valence-electron chi connectivity index (χ2n) is 5.38. The van der Waals surface area contributed by atoms with Crippen molar-refractivity contribution < 1.29 is 9.18 Å². The summed E-state index contributed by atoms with van der Waals surface area (Å²) < 4.78 is 13.6. The van der Waals surface area contributed by atoms with Crippen LogP contribution in [0.3, 0.4) is 0 Å². The Morgan fingerprint density at radius 3 is 2.78 bits per heavy atom. The van der Waals surface area contributed by atoms with Crippen LogP contribution in [0, 0.1) is 5.82 Å². The molecule has 0 aromatic heterocycles. The van der Waals surface area contributed by atoms with E-state index in [-0.39, 0.29) is 11.7 Å². The molecule has 2 aromatic rings. The van der Waals surface area contributed by atoms with Crippen molar-refractivity contribution in [3.8, 4) is 0 Å². The molecule has 0 fully saturated rings. The topological polar surface area (TPSA) is 20.3 Å². The van der Waals surface area contributed by atoms with Gasteiger partial charge in [0.2, 0.25) is 5.91 Å². The first kappa shape index (κ1) is 16.4. The van der Waals surface area contributed by atoms with Gasteiger partial charge in [-0.05, 0) is 54.3 Å². The highest BCUT2D eigenvalue weighted by atomic mass is 32.2. The maximum Gasteiger partial charge on any atom is 0.231 e. The number of carbonyl (C=O) groups excluding carboxylic acids is 1. The van der Waals surface area contributed by atoms with E-state index in [0.717, 1.165) is 22.6 Å². The fraction of sp³-hybridized carbons (Fsp3) is 0.278. The van der Waals surface area contributed by atoms with Crippen molar-refractivity contribution in [3.05, 3.63) is 53.8 Å². The number of benzene rings is 2. The minimum absolute atomic E-state index is 0.0243. The summed E-state index contributed by atoms with van der Waals surface area (Å²) in [6.45, 7) is 0.644. The van der Waals surface area contributed by atoms with Gasteiger partial charge in [-0.3, -0.25) is 4.79 Å². The van der Waals surface area contributed by atoms with Gasteiger partial charge in [0.15, 0.2) is 0 Å². The van der Waals surface area contributed by atoms with Gasteiger partial charge >= 0.3 is 0 Å². The van der Waals surface area contributed by atoms with Gasteiger partial charge in [0, 0.05) is 16.3 Å². The van der Waals surface area contributed by atoms with Crippen LogP contribution in [0.15, 0.2) is 52.3 Å². The molecular weight excluding hydrogens is 329 g/mol. The summed E-state index contributed by atoms with van der Waals surface area (Å²) in [5.41, 5.74) is 1.70. The molecule has 0 saturated heterocycles. The number of hydrogen-bond acceptors (Lipinski definition) is 3. The number of thioether (sulfide) groups is 2. The number of anilines is 1. The van der Waals surface area contributed by atoms with Crippen LogP contribution in [0.5, 0.6) is 0 Å². The van der Waals surface area contributed by atoms with Crippen molar-refractivity contribution >= 4 is 35.1 Å². The summed E-state index contributed by atoms with van der Waals surface area (Å²) in [6.07, 6.45) is 3.29. The van der Waals surface area contributed by atoms with E-state index in [2.05, 4.69) is 0 Å². The lowest BCUT2D eigenvalue weighted by Crippen LogP contribution is -2.33. The summed E-state index contributed by atoms with van der Waals surface area (Å²) >= 11 is 3.37. The third kappa shape index (κ3) is 3.90. The molecule has 5 heteroatoms. The van der Waals surface area contributed by atoms with Crippen LogP contribution in [0.2, 0.25) is 0 Å². The fourth-order valence-electron chi connectivity index (χ4n) is 2.62. The average Bonchev–Trinajstić information content (AvgIpc) is 2.77. The minimum Gasteiger partial charge on any atom is -0.311 e. The quantitative estimate of drug-likeness (QED) is 0.756. The lowest BCUT2D eigenvalue weighted by Gasteiger charge is -2.22. The Labute approximate surface area is 144 Å². The van der Waals surface area contributed by atoms with Gasteiger partial charge in [-0.25, -0.2) is 4.39 Å². The van der Waals surface area contributed by atoms with E-state index in [0.29, 0.717) is 18.7 Å². The Balaban J connectivity index is 1.82. The lowest BCUT2D eigenvalue weighted by molar-refractivity contribution is -0.118. The number of rotatable bonds is 3. The van der Waals surface area contributed by atoms with Crippen LogP contribution in [-0.2, 0) is 11.2 Å². The molecule has 0 bridgehead atoms. The van der Waals surface area contributed by atoms with E-state index in [1.165, 1.54) is 17.0 Å². The summed E-state index contributed by atoms with van der Waals surface area (Å²) in [5.74, 6) is 0.676. The molecule has 0 atom stereocenters. The maximum absolute atomic E-state index is 13.6. The van der Waals surface area contributed by atoms with E-state index >= 15 is 0 Å². The van der Waals surface area contributed by atoms with Crippen molar-refractivity contribution in [1.82, 2.24) is 0 Å². The number of fused-ring (bicyclic) bond motifs is 1. The SMILES string of the molecule is CSc1ccc(CC(=O)N2CCCSc3ccc(F)cc32)cc1. The Morgan fingerprint density at radius 2 is 2.04 bits per heavy atom. The third-order valence-corrected chi connectivity index (χ3v) is 5.70. The van der Waals surface area contributed by atoms with Crippen molar-refractivity contribution in [2.75, 3.05) is 23.5 Å². The average molecular weight is 347 g/mol. The molecule has 2 nitrogen and oxygen atoms in total. The van der Waals surface area contributed by atoms with Gasteiger partial charge in [-0.1, -0.05) is 12.1 Å². The molecule has 1 aliphatic rings. The normalized spacial score (nSPS) is 14.3. The summed E-state index contributed by atoms with van der Waals surface area (Å²) in [7, 11) is 0. The predicted molar refractivity (Wildman–Crippen MR) is 96.0 cm³/mol. The Bertz CT molecular complexity index is 703. The number of nitrogens with zero attached hydrogens (tertiary/aromatic N) is 1. The number of carbonyl (C=O) groups is 1. The molecular formula is C18H18FNOS2. The number of hydrogen-bond donors (Lipinski definition) is 0. The smallest absolute Gasteiger partial charge is 0.231 e. The molecule has 23 heavy (non-hydrogen) atoms. The Kier molecular flexibility index (Phi) is 5.28. The molecule has 1 heterocycles. The molecule has 0 unspecified atom stereocenters. The number of halogens is 1. The van der Waals surface area contributed by atoms with E-state index in [9.17, 15) is 9.18 Å². The highest BCUT2D eigenvalue weighted by molar-refractivity contribution is 7.99. The molecule has 0 aliphatic carbocycles. The maximum atomic E-state index is 13.6. The van der Waals surface area contributed by atoms with Gasteiger partial charge in [0.25, 0.3) is 0 Å². The van der Waals surface area contributed by atoms with E-state index in [4.69, 9.17) is 0 Å². The zero-order valence-electron chi connectivity index (χ0n) is 12.9. The Morgan fingerprint density at radius 1 is 1.26 bits per heavy atom. The third-order valence-electron chi connectivity index (χ3n) is 3.81. The van der Waals surface area contributed by atoms with E-state index in [1.54, 1.807) is 34.5 Å². The van der Waals surface area contributed by atoms with Gasteiger partial charge in [0.05, 0.1) is 12.1 Å². The molecule has 2 aromatic carbocycles. The highest BCUT2D eigenvalue weighted by Gasteiger charge is 2.22. The van der Waals surface area contributed by atoms with Crippen LogP contribution >= 0.6 is 23.5 Å². The van der Waals surface area contributed by atoms with Gasteiger partial charge in [-0.15, -0.1) is 23.5 Å². The van der Waals surface area contributed by atoms with Crippen molar-refractivity contribution in [1.29, 1.82) is 0 Å². The molecule has 1 aliphatic heterocycles. The van der Waals surface area contributed by atoms with E-state index in [1.807, 2.05) is 30.5 Å². The monoisotopic (exact) mass is 347 g/mol. The minimum atomic E-state index is -0.298. The van der Waals surface area contributed by atoms with Gasteiger partial charge < -0.3 is 4.90 Å². The standard InChI is InChI=1S/C18H18FNOS2/c1-22-15-6-3-13(4-7-15)11-18(21)20-9-2-10-23-17-8-5-14(19)12-16(17)20/h3-8,12H,2,9-11H2,1H3. The second kappa shape index (κ2) is 7.41. The predicted octanol–water partition coefficient (Wildman–Crippen LogP) is 4.62. The lowest BCUT2D eigenvalue weighted by atomic mass is 10.1. The fourth-order valence-corrected chi connectivity index (χ4v) is 4.00. The van der Waals surface area contributed by atoms with Crippen molar-refractivity contribution in [2.24, 2.45) is 0 Å². The van der Waals surface area contributed by atoms with Crippen LogP contribution in [-0.4, -0.2) is 24.5 Å². The first-order valence-electron chi connectivity index (χ1n) is 7.53. The first-order chi connectivity index (χ1) is 11.2. The summed E-state index contributed by atoms with van der Waals surface area (Å²) in [6, 6.07) is 12.7. The highest BCUT2D eigenvalue weighted by Crippen LogP contribution is 2.34. The molecule has 0 N–H and O–H groups in total. The first-order valence-corrected chi connectivity index (χ1v) is 9.74. The molecule has 3 rings (SSSR count). The zero-order valence-corrected chi connectivity index (χ0v) is 14.6. The molecule has 120 valence electrons.